The van der Waals surface area contributed by atoms with Crippen LogP contribution in [0.5, 0.6) is 11.5 Å². The van der Waals surface area contributed by atoms with Crippen molar-refractivity contribution in [3.63, 3.8) is 0 Å². The lowest BCUT2D eigenvalue weighted by molar-refractivity contribution is 0.395. The third-order valence-electron chi connectivity index (χ3n) is 4.66. The first-order chi connectivity index (χ1) is 14.1. The highest BCUT2D eigenvalue weighted by molar-refractivity contribution is 6.31. The van der Waals surface area contributed by atoms with E-state index in [0.717, 1.165) is 16.5 Å². The summed E-state index contributed by atoms with van der Waals surface area (Å²) in [5, 5.41) is 4.69. The fourth-order valence-corrected chi connectivity index (χ4v) is 3.49. The highest BCUT2D eigenvalue weighted by atomic mass is 35.5. The Hall–Kier alpha value is -3.44. The molecule has 146 valence electrons. The molecule has 3 aromatic carbocycles. The van der Waals surface area contributed by atoms with Crippen LogP contribution in [0.4, 0.5) is 11.4 Å². The first-order valence-electron chi connectivity index (χ1n) is 9.00. The number of methoxy groups -OCH3 is 2. The van der Waals surface area contributed by atoms with E-state index >= 15 is 0 Å². The number of aromatic nitrogens is 1. The lowest BCUT2D eigenvalue weighted by Gasteiger charge is -2.16. The van der Waals surface area contributed by atoms with E-state index in [1.54, 1.807) is 38.5 Å². The molecule has 1 aromatic heterocycles. The summed E-state index contributed by atoms with van der Waals surface area (Å²) in [6, 6.07) is 20.5. The smallest absolute Gasteiger partial charge is 0.272 e. The Kier molecular flexibility index (Phi) is 5.14. The predicted octanol–water partition coefficient (Wildman–Crippen LogP) is 5.61. The average Bonchev–Trinajstić information content (AvgIpc) is 2.75. The van der Waals surface area contributed by atoms with Gasteiger partial charge < -0.3 is 19.8 Å². The van der Waals surface area contributed by atoms with Gasteiger partial charge in [-0.25, -0.2) is 0 Å². The second kappa shape index (κ2) is 7.89. The molecule has 29 heavy (non-hydrogen) atoms. The number of nitrogens with one attached hydrogen (secondary N) is 2. The van der Waals surface area contributed by atoms with Gasteiger partial charge in [0.2, 0.25) is 0 Å². The van der Waals surface area contributed by atoms with Crippen molar-refractivity contribution in [3.05, 3.63) is 82.1 Å². The van der Waals surface area contributed by atoms with Crippen molar-refractivity contribution < 1.29 is 9.47 Å². The zero-order valence-electron chi connectivity index (χ0n) is 16.0. The molecule has 4 aromatic rings. The van der Waals surface area contributed by atoms with Crippen LogP contribution in [0.3, 0.4) is 0 Å². The SMILES string of the molecule is COc1cc(Nc2c(-c3ccccc3)c3cc(Cl)ccc3[nH]c2=O)cc(OC)c1. The molecule has 0 aliphatic carbocycles. The molecule has 6 heteroatoms. The molecule has 2 N–H and O–H groups in total. The Balaban J connectivity index is 1.97. The fourth-order valence-electron chi connectivity index (χ4n) is 3.31. The lowest BCUT2D eigenvalue weighted by atomic mass is 9.99. The summed E-state index contributed by atoms with van der Waals surface area (Å²) < 4.78 is 10.7. The van der Waals surface area contributed by atoms with E-state index in [9.17, 15) is 4.79 Å². The number of ether oxygens (including phenoxy) is 2. The van der Waals surface area contributed by atoms with Gasteiger partial charge in [0.1, 0.15) is 17.2 Å². The summed E-state index contributed by atoms with van der Waals surface area (Å²) in [6.07, 6.45) is 0. The van der Waals surface area contributed by atoms with E-state index in [-0.39, 0.29) is 5.56 Å². The third kappa shape index (κ3) is 3.77. The summed E-state index contributed by atoms with van der Waals surface area (Å²) in [6.45, 7) is 0. The van der Waals surface area contributed by atoms with E-state index in [0.29, 0.717) is 33.4 Å². The number of benzene rings is 3. The Morgan fingerprint density at radius 2 is 1.59 bits per heavy atom. The number of fused-ring (bicyclic) bond motifs is 1. The summed E-state index contributed by atoms with van der Waals surface area (Å²) in [7, 11) is 3.16. The maximum atomic E-state index is 13.0. The van der Waals surface area contributed by atoms with Crippen molar-refractivity contribution in [2.24, 2.45) is 0 Å². The van der Waals surface area contributed by atoms with E-state index < -0.39 is 0 Å². The van der Waals surface area contributed by atoms with Crippen molar-refractivity contribution >= 4 is 33.9 Å². The number of rotatable bonds is 5. The average molecular weight is 407 g/mol. The molecule has 0 fully saturated rings. The van der Waals surface area contributed by atoms with Gasteiger partial charge in [-0.05, 0) is 23.8 Å². The molecule has 0 spiro atoms. The lowest BCUT2D eigenvalue weighted by Crippen LogP contribution is -2.13. The van der Waals surface area contributed by atoms with E-state index in [2.05, 4.69) is 10.3 Å². The largest absolute Gasteiger partial charge is 0.497 e. The van der Waals surface area contributed by atoms with Gasteiger partial charge in [0.15, 0.2) is 0 Å². The standard InChI is InChI=1S/C23H19ClN2O3/c1-28-17-11-16(12-18(13-17)29-2)25-22-21(14-6-4-3-5-7-14)19-10-15(24)8-9-20(19)26-23(22)27/h3-13,25H,1-2H3,(H,26,27). The van der Waals surface area contributed by atoms with Gasteiger partial charge in [0.05, 0.1) is 14.2 Å². The van der Waals surface area contributed by atoms with Gasteiger partial charge in [-0.1, -0.05) is 41.9 Å². The Morgan fingerprint density at radius 3 is 2.24 bits per heavy atom. The highest BCUT2D eigenvalue weighted by Crippen LogP contribution is 2.36. The van der Waals surface area contributed by atoms with E-state index in [1.807, 2.05) is 42.5 Å². The molecule has 1 heterocycles. The second-order valence-electron chi connectivity index (χ2n) is 6.49. The number of hydrogen-bond acceptors (Lipinski definition) is 4. The zero-order chi connectivity index (χ0) is 20.4. The van der Waals surface area contributed by atoms with Crippen molar-refractivity contribution in [1.82, 2.24) is 4.98 Å². The maximum absolute atomic E-state index is 13.0. The molecule has 0 radical (unpaired) electrons. The monoisotopic (exact) mass is 406 g/mol. The molecule has 0 saturated carbocycles. The van der Waals surface area contributed by atoms with Crippen LogP contribution in [0.15, 0.2) is 71.5 Å². The van der Waals surface area contributed by atoms with Crippen LogP contribution in [0, 0.1) is 0 Å². The minimum absolute atomic E-state index is 0.236. The van der Waals surface area contributed by atoms with Crippen molar-refractivity contribution in [1.29, 1.82) is 0 Å². The number of anilines is 2. The molecular formula is C23H19ClN2O3. The van der Waals surface area contributed by atoms with Gasteiger partial charge in [-0.15, -0.1) is 0 Å². The van der Waals surface area contributed by atoms with E-state index in [1.165, 1.54) is 0 Å². The molecule has 0 saturated heterocycles. The first-order valence-corrected chi connectivity index (χ1v) is 9.38. The molecule has 0 unspecified atom stereocenters. The molecular weight excluding hydrogens is 388 g/mol. The fraction of sp³-hybridized carbons (Fsp3) is 0.0870. The van der Waals surface area contributed by atoms with Crippen molar-refractivity contribution in [3.8, 4) is 22.6 Å². The van der Waals surface area contributed by atoms with Crippen LogP contribution >= 0.6 is 11.6 Å². The molecule has 0 aliphatic rings. The van der Waals surface area contributed by atoms with Gasteiger partial charge >= 0.3 is 0 Å². The summed E-state index contributed by atoms with van der Waals surface area (Å²) >= 11 is 6.26. The zero-order valence-corrected chi connectivity index (χ0v) is 16.7. The molecule has 0 bridgehead atoms. The van der Waals surface area contributed by atoms with Crippen LogP contribution in [-0.4, -0.2) is 19.2 Å². The highest BCUT2D eigenvalue weighted by Gasteiger charge is 2.16. The molecule has 0 amide bonds. The molecule has 4 rings (SSSR count). The number of pyridine rings is 1. The van der Waals surface area contributed by atoms with Crippen LogP contribution in [0.25, 0.3) is 22.0 Å². The second-order valence-corrected chi connectivity index (χ2v) is 6.92. The van der Waals surface area contributed by atoms with Crippen LogP contribution in [0.2, 0.25) is 5.02 Å². The van der Waals surface area contributed by atoms with E-state index in [4.69, 9.17) is 21.1 Å². The topological polar surface area (TPSA) is 63.3 Å². The molecule has 0 aliphatic heterocycles. The predicted molar refractivity (Wildman–Crippen MR) is 118 cm³/mol. The van der Waals surface area contributed by atoms with Crippen molar-refractivity contribution in [2.45, 2.75) is 0 Å². The Morgan fingerprint density at radius 1 is 0.897 bits per heavy atom. The van der Waals surface area contributed by atoms with Gasteiger partial charge in [0, 0.05) is 45.4 Å². The maximum Gasteiger partial charge on any atom is 0.272 e. The van der Waals surface area contributed by atoms with Gasteiger partial charge in [0.25, 0.3) is 5.56 Å². The van der Waals surface area contributed by atoms with Crippen molar-refractivity contribution in [2.75, 3.05) is 19.5 Å². The summed E-state index contributed by atoms with van der Waals surface area (Å²) in [5.74, 6) is 1.24. The minimum Gasteiger partial charge on any atom is -0.497 e. The van der Waals surface area contributed by atoms with Gasteiger partial charge in [-0.3, -0.25) is 4.79 Å². The Labute approximate surface area is 172 Å². The minimum atomic E-state index is -0.236. The normalized spacial score (nSPS) is 10.7. The molecule has 0 atom stereocenters. The quantitative estimate of drug-likeness (QED) is 0.452. The van der Waals surface area contributed by atoms with Crippen LogP contribution in [0.1, 0.15) is 0 Å². The van der Waals surface area contributed by atoms with Crippen LogP contribution in [-0.2, 0) is 0 Å². The first kappa shape index (κ1) is 18.9. The van der Waals surface area contributed by atoms with Crippen LogP contribution < -0.4 is 20.3 Å². The summed E-state index contributed by atoms with van der Waals surface area (Å²) in [4.78, 5) is 15.9. The number of aromatic amines is 1. The number of hydrogen-bond donors (Lipinski definition) is 2. The number of halogens is 1. The van der Waals surface area contributed by atoms with Gasteiger partial charge in [-0.2, -0.15) is 0 Å². The molecule has 5 nitrogen and oxygen atoms in total. The third-order valence-corrected chi connectivity index (χ3v) is 4.89. The number of H-pyrrole nitrogens is 1. The Bertz CT molecular complexity index is 1210. The summed E-state index contributed by atoms with van der Waals surface area (Å²) in [5.41, 5.74) is 3.25.